The van der Waals surface area contributed by atoms with Gasteiger partial charge in [0.25, 0.3) is 11.1 Å². The molecule has 1 heterocycles. The van der Waals surface area contributed by atoms with Gasteiger partial charge in [0.15, 0.2) is 5.78 Å². The lowest BCUT2D eigenvalue weighted by molar-refractivity contribution is -0.122. The van der Waals surface area contributed by atoms with Crippen LogP contribution in [0, 0.1) is 0 Å². The van der Waals surface area contributed by atoms with Gasteiger partial charge in [0.1, 0.15) is 0 Å². The molecule has 130 valence electrons. The van der Waals surface area contributed by atoms with Crippen LogP contribution in [0.1, 0.15) is 26.3 Å². The van der Waals surface area contributed by atoms with Gasteiger partial charge < -0.3 is 5.11 Å². The second-order valence-electron chi connectivity index (χ2n) is 5.48. The van der Waals surface area contributed by atoms with Crippen molar-refractivity contribution in [2.45, 2.75) is 0 Å². The van der Waals surface area contributed by atoms with Crippen LogP contribution in [0.2, 0.25) is 0 Å². The summed E-state index contributed by atoms with van der Waals surface area (Å²) in [5.74, 6) is -1.90. The number of hydrogen-bond acceptors (Lipinski definition) is 5. The molecule has 0 spiro atoms. The molecule has 2 aromatic rings. The Bertz CT molecular complexity index is 919. The Kier molecular flexibility index (Phi) is 4.99. The van der Waals surface area contributed by atoms with Gasteiger partial charge in [0.05, 0.1) is 17.0 Å². The molecule has 0 unspecified atom stereocenters. The summed E-state index contributed by atoms with van der Waals surface area (Å²) in [6.45, 7) is -0.316. The average molecular weight is 367 g/mol. The van der Waals surface area contributed by atoms with Crippen molar-refractivity contribution in [3.05, 3.63) is 76.2 Å². The van der Waals surface area contributed by atoms with Crippen molar-refractivity contribution in [1.82, 2.24) is 4.90 Å². The minimum atomic E-state index is -1.05. The number of imide groups is 1. The van der Waals surface area contributed by atoms with E-state index < -0.39 is 17.1 Å². The molecule has 3 rings (SSSR count). The van der Waals surface area contributed by atoms with Gasteiger partial charge in [-0.15, -0.1) is 0 Å². The van der Waals surface area contributed by atoms with Crippen molar-refractivity contribution in [3.8, 4) is 0 Å². The Hall–Kier alpha value is -3.19. The van der Waals surface area contributed by atoms with E-state index in [-0.39, 0.29) is 22.8 Å². The van der Waals surface area contributed by atoms with Crippen molar-refractivity contribution in [2.24, 2.45) is 0 Å². The fraction of sp³-hybridized carbons (Fsp3) is 0.0526. The third-order valence-corrected chi connectivity index (χ3v) is 4.63. The first kappa shape index (κ1) is 17.6. The molecule has 1 aliphatic heterocycles. The minimum Gasteiger partial charge on any atom is -0.478 e. The predicted octanol–water partition coefficient (Wildman–Crippen LogP) is 3.30. The summed E-state index contributed by atoms with van der Waals surface area (Å²) in [7, 11) is 0. The van der Waals surface area contributed by atoms with Gasteiger partial charge in [-0.2, -0.15) is 0 Å². The Labute approximate surface area is 153 Å². The summed E-state index contributed by atoms with van der Waals surface area (Å²) in [6, 6.07) is 14.4. The second-order valence-corrected chi connectivity index (χ2v) is 6.48. The van der Waals surface area contributed by atoms with Gasteiger partial charge in [-0.05, 0) is 35.5 Å². The number of carboxylic acid groups (broad SMARTS) is 1. The fourth-order valence-electron chi connectivity index (χ4n) is 2.37. The molecule has 0 saturated carbocycles. The van der Waals surface area contributed by atoms with Crippen LogP contribution in [0.15, 0.2) is 59.5 Å². The molecule has 7 heteroatoms. The molecule has 2 aromatic carbocycles. The Morgan fingerprint density at radius 2 is 1.62 bits per heavy atom. The van der Waals surface area contributed by atoms with E-state index in [0.717, 1.165) is 16.7 Å². The van der Waals surface area contributed by atoms with Gasteiger partial charge in [0.2, 0.25) is 0 Å². The highest BCUT2D eigenvalue weighted by Crippen LogP contribution is 2.32. The lowest BCUT2D eigenvalue weighted by atomic mass is 10.1. The molecule has 0 radical (unpaired) electrons. The van der Waals surface area contributed by atoms with Gasteiger partial charge >= 0.3 is 5.97 Å². The van der Waals surface area contributed by atoms with E-state index >= 15 is 0 Å². The number of Topliss-reactive ketones (excluding diaryl/α,β-unsaturated/α-hetero) is 1. The molecule has 1 N–H and O–H groups in total. The zero-order chi connectivity index (χ0) is 18.7. The van der Waals surface area contributed by atoms with Crippen LogP contribution in [0.25, 0.3) is 6.08 Å². The Morgan fingerprint density at radius 1 is 0.962 bits per heavy atom. The summed E-state index contributed by atoms with van der Waals surface area (Å²) < 4.78 is 0. The molecule has 1 fully saturated rings. The third kappa shape index (κ3) is 3.73. The molecular weight excluding hydrogens is 354 g/mol. The van der Waals surface area contributed by atoms with Gasteiger partial charge in [0, 0.05) is 5.56 Å². The van der Waals surface area contributed by atoms with E-state index in [9.17, 15) is 19.2 Å². The van der Waals surface area contributed by atoms with E-state index in [1.807, 2.05) is 0 Å². The first-order chi connectivity index (χ1) is 12.5. The van der Waals surface area contributed by atoms with Crippen LogP contribution in [0.5, 0.6) is 0 Å². The van der Waals surface area contributed by atoms with Crippen LogP contribution in [-0.2, 0) is 4.79 Å². The fourth-order valence-corrected chi connectivity index (χ4v) is 3.21. The van der Waals surface area contributed by atoms with Crippen LogP contribution < -0.4 is 0 Å². The number of thioether (sulfide) groups is 1. The highest BCUT2D eigenvalue weighted by Gasteiger charge is 2.36. The molecule has 1 saturated heterocycles. The first-order valence-corrected chi connectivity index (χ1v) is 8.44. The van der Waals surface area contributed by atoms with Crippen molar-refractivity contribution >= 4 is 40.7 Å². The second kappa shape index (κ2) is 7.37. The SMILES string of the molecule is O=C(O)c1ccc(/C=C2/SC(=O)N(CC(=O)c3ccccc3)C2=O)cc1. The number of carbonyl (C=O) groups excluding carboxylic acids is 3. The summed E-state index contributed by atoms with van der Waals surface area (Å²) in [4.78, 5) is 48.7. The number of carboxylic acids is 1. The average Bonchev–Trinajstić information content (AvgIpc) is 2.90. The Balaban J connectivity index is 1.76. The molecule has 0 atom stereocenters. The number of hydrogen-bond donors (Lipinski definition) is 1. The summed E-state index contributed by atoms with van der Waals surface area (Å²) >= 11 is 0.754. The zero-order valence-electron chi connectivity index (χ0n) is 13.4. The quantitative estimate of drug-likeness (QED) is 0.644. The number of benzene rings is 2. The maximum absolute atomic E-state index is 12.4. The molecule has 2 amide bonds. The number of nitrogens with zero attached hydrogens (tertiary/aromatic N) is 1. The van der Waals surface area contributed by atoms with Gasteiger partial charge in [-0.25, -0.2) is 4.79 Å². The molecule has 0 aromatic heterocycles. The van der Waals surface area contributed by atoms with Crippen LogP contribution >= 0.6 is 11.8 Å². The maximum Gasteiger partial charge on any atom is 0.335 e. The highest BCUT2D eigenvalue weighted by molar-refractivity contribution is 8.18. The summed E-state index contributed by atoms with van der Waals surface area (Å²) in [5.41, 5.74) is 1.15. The van der Waals surface area contributed by atoms with Gasteiger partial charge in [-0.1, -0.05) is 42.5 Å². The maximum atomic E-state index is 12.4. The van der Waals surface area contributed by atoms with Crippen LogP contribution in [0.4, 0.5) is 4.79 Å². The molecule has 26 heavy (non-hydrogen) atoms. The van der Waals surface area contributed by atoms with Crippen LogP contribution in [-0.4, -0.2) is 39.5 Å². The number of aromatic carboxylic acids is 1. The highest BCUT2D eigenvalue weighted by atomic mass is 32.2. The van der Waals surface area contributed by atoms with E-state index in [1.165, 1.54) is 18.2 Å². The molecular formula is C19H13NO5S. The molecule has 1 aliphatic rings. The summed E-state index contributed by atoms with van der Waals surface area (Å²) in [6.07, 6.45) is 1.50. The molecule has 0 aliphatic carbocycles. The third-order valence-electron chi connectivity index (χ3n) is 3.73. The Morgan fingerprint density at radius 3 is 2.23 bits per heavy atom. The first-order valence-electron chi connectivity index (χ1n) is 7.62. The normalized spacial score (nSPS) is 15.5. The zero-order valence-corrected chi connectivity index (χ0v) is 14.2. The van der Waals surface area contributed by atoms with E-state index in [4.69, 9.17) is 5.11 Å². The van der Waals surface area contributed by atoms with E-state index in [1.54, 1.807) is 42.5 Å². The van der Waals surface area contributed by atoms with Gasteiger partial charge in [-0.3, -0.25) is 19.3 Å². The number of ketones is 1. The number of rotatable bonds is 5. The number of amides is 2. The van der Waals surface area contributed by atoms with Crippen molar-refractivity contribution in [1.29, 1.82) is 0 Å². The predicted molar refractivity (Wildman–Crippen MR) is 96.9 cm³/mol. The lowest BCUT2D eigenvalue weighted by Gasteiger charge is -2.11. The summed E-state index contributed by atoms with van der Waals surface area (Å²) in [5, 5.41) is 8.39. The van der Waals surface area contributed by atoms with Crippen molar-refractivity contribution < 1.29 is 24.3 Å². The topological polar surface area (TPSA) is 91.8 Å². The monoisotopic (exact) mass is 367 g/mol. The van der Waals surface area contributed by atoms with Crippen molar-refractivity contribution in [3.63, 3.8) is 0 Å². The lowest BCUT2D eigenvalue weighted by Crippen LogP contribution is -2.33. The molecule has 0 bridgehead atoms. The van der Waals surface area contributed by atoms with Crippen molar-refractivity contribution in [2.75, 3.05) is 6.54 Å². The largest absolute Gasteiger partial charge is 0.478 e. The minimum absolute atomic E-state index is 0.128. The van der Waals surface area contributed by atoms with E-state index in [0.29, 0.717) is 11.1 Å². The number of carbonyl (C=O) groups is 4. The molecule has 6 nitrogen and oxygen atoms in total. The smallest absolute Gasteiger partial charge is 0.335 e. The van der Waals surface area contributed by atoms with E-state index in [2.05, 4.69) is 0 Å². The standard InChI is InChI=1S/C19H13NO5S/c21-15(13-4-2-1-3-5-13)11-20-17(22)16(26-19(20)25)10-12-6-8-14(9-7-12)18(23)24/h1-10H,11H2,(H,23,24)/b16-10+. The van der Waals surface area contributed by atoms with Crippen LogP contribution in [0.3, 0.4) is 0 Å².